The molecule has 0 unspecified atom stereocenters. The number of benzene rings is 4. The van der Waals surface area contributed by atoms with E-state index >= 15 is 0 Å². The van der Waals surface area contributed by atoms with E-state index in [-0.39, 0.29) is 11.1 Å². The van der Waals surface area contributed by atoms with Crippen LogP contribution < -0.4 is 4.74 Å². The number of ketones is 4. The number of hydrogen-bond acceptors (Lipinski definition) is 5. The zero-order valence-corrected chi connectivity index (χ0v) is 21.6. The van der Waals surface area contributed by atoms with Crippen molar-refractivity contribution in [2.24, 2.45) is 0 Å². The summed E-state index contributed by atoms with van der Waals surface area (Å²) in [5, 5.41) is 0. The van der Waals surface area contributed by atoms with Crippen molar-refractivity contribution in [2.75, 3.05) is 0 Å². The second-order valence-electron chi connectivity index (χ2n) is 8.71. The first-order valence-electron chi connectivity index (χ1n) is 12.4. The zero-order chi connectivity index (χ0) is 27.8. The van der Waals surface area contributed by atoms with Crippen LogP contribution in [0.2, 0.25) is 0 Å². The van der Waals surface area contributed by atoms with Crippen molar-refractivity contribution in [3.63, 3.8) is 0 Å². The molecule has 0 aliphatic heterocycles. The molecular formula is C34H26O5. The maximum absolute atomic E-state index is 12.7. The van der Waals surface area contributed by atoms with E-state index < -0.39 is 23.1 Å². The fourth-order valence-corrected chi connectivity index (χ4v) is 3.89. The first kappa shape index (κ1) is 26.9. The Hall–Kier alpha value is -5.16. The molecule has 192 valence electrons. The molecule has 5 heteroatoms. The summed E-state index contributed by atoms with van der Waals surface area (Å²) in [5.74, 6) is -1.48. The quantitative estimate of drug-likeness (QED) is 0.160. The van der Waals surface area contributed by atoms with Crippen LogP contribution >= 0.6 is 0 Å². The lowest BCUT2D eigenvalue weighted by molar-refractivity contribution is 0.0817. The molecule has 0 radical (unpaired) electrons. The maximum Gasteiger partial charge on any atom is 0.233 e. The molecule has 0 amide bonds. The standard InChI is InChI=1S/C34H26O5/c1-3-5-23-7-11-25(12-8-23)31(35)33(37)27-15-19-29(20-16-27)39-30-21-17-28(18-22-30)34(38)32(36)26-13-9-24(6-4-2)10-14-26/h3-22H,1-2H3/b5-3-,6-4-. The third kappa shape index (κ3) is 6.59. The van der Waals surface area contributed by atoms with Gasteiger partial charge in [-0.05, 0) is 73.5 Å². The van der Waals surface area contributed by atoms with Gasteiger partial charge in [-0.3, -0.25) is 19.2 Å². The number of Topliss-reactive ketones (excluding diaryl/α,β-unsaturated/α-hetero) is 4. The van der Waals surface area contributed by atoms with E-state index in [1.54, 1.807) is 72.8 Å². The minimum Gasteiger partial charge on any atom is -0.457 e. The third-order valence-electron chi connectivity index (χ3n) is 5.95. The predicted octanol–water partition coefficient (Wildman–Crippen LogP) is 7.68. The molecule has 0 saturated heterocycles. The van der Waals surface area contributed by atoms with E-state index in [9.17, 15) is 19.2 Å². The fraction of sp³-hybridized carbons (Fsp3) is 0.0588. The summed E-state index contributed by atoms with van der Waals surface area (Å²) in [4.78, 5) is 50.5. The SMILES string of the molecule is C/C=C\c1ccc(C(=O)C(=O)c2ccc(Oc3ccc(C(=O)C(=O)c4ccc(/C=C\C)cc4)cc3)cc2)cc1. The minimum atomic E-state index is -0.607. The summed E-state index contributed by atoms with van der Waals surface area (Å²) in [6.45, 7) is 3.81. The maximum atomic E-state index is 12.7. The number of rotatable bonds is 10. The van der Waals surface area contributed by atoms with Crippen LogP contribution in [0.25, 0.3) is 12.2 Å². The van der Waals surface area contributed by atoms with Crippen LogP contribution in [0.1, 0.15) is 66.4 Å². The summed E-state index contributed by atoms with van der Waals surface area (Å²) in [5.41, 5.74) is 3.05. The van der Waals surface area contributed by atoms with Crippen molar-refractivity contribution in [3.05, 3.63) is 143 Å². The monoisotopic (exact) mass is 514 g/mol. The molecule has 4 aromatic carbocycles. The first-order valence-corrected chi connectivity index (χ1v) is 12.4. The number of ether oxygens (including phenoxy) is 1. The summed E-state index contributed by atoms with van der Waals surface area (Å²) < 4.78 is 5.81. The molecule has 0 saturated carbocycles. The van der Waals surface area contributed by atoms with Crippen molar-refractivity contribution in [2.45, 2.75) is 13.8 Å². The summed E-state index contributed by atoms with van der Waals surface area (Å²) >= 11 is 0. The van der Waals surface area contributed by atoms with Gasteiger partial charge in [-0.15, -0.1) is 0 Å². The van der Waals surface area contributed by atoms with E-state index in [2.05, 4.69) is 0 Å². The van der Waals surface area contributed by atoms with Gasteiger partial charge in [0.15, 0.2) is 0 Å². The fourth-order valence-electron chi connectivity index (χ4n) is 3.89. The lowest BCUT2D eigenvalue weighted by Crippen LogP contribution is -2.14. The molecular weight excluding hydrogens is 488 g/mol. The summed E-state index contributed by atoms with van der Waals surface area (Å²) in [7, 11) is 0. The van der Waals surface area contributed by atoms with Gasteiger partial charge in [0.05, 0.1) is 0 Å². The molecule has 4 aromatic rings. The minimum absolute atomic E-state index is 0.253. The van der Waals surface area contributed by atoms with Crippen LogP contribution in [0.15, 0.2) is 109 Å². The molecule has 0 bridgehead atoms. The topological polar surface area (TPSA) is 77.5 Å². The molecule has 0 aliphatic rings. The van der Waals surface area contributed by atoms with Gasteiger partial charge in [0.25, 0.3) is 0 Å². The second kappa shape index (κ2) is 12.4. The Morgan fingerprint density at radius 2 is 0.692 bits per heavy atom. The Kier molecular flexibility index (Phi) is 8.54. The molecule has 0 aromatic heterocycles. The van der Waals surface area contributed by atoms with Gasteiger partial charge in [-0.25, -0.2) is 0 Å². The molecule has 4 rings (SSSR count). The Morgan fingerprint density at radius 1 is 0.436 bits per heavy atom. The van der Waals surface area contributed by atoms with E-state index in [4.69, 9.17) is 4.74 Å². The van der Waals surface area contributed by atoms with Crippen molar-refractivity contribution in [3.8, 4) is 11.5 Å². The van der Waals surface area contributed by atoms with Gasteiger partial charge in [0, 0.05) is 22.3 Å². The van der Waals surface area contributed by atoms with Crippen LogP contribution in [-0.2, 0) is 0 Å². The second-order valence-corrected chi connectivity index (χ2v) is 8.71. The molecule has 0 heterocycles. The first-order chi connectivity index (χ1) is 18.9. The van der Waals surface area contributed by atoms with Crippen LogP contribution in [-0.4, -0.2) is 23.1 Å². The Balaban J connectivity index is 1.38. The molecule has 0 fully saturated rings. The Labute approximate surface area is 227 Å². The largest absolute Gasteiger partial charge is 0.457 e. The number of allylic oxidation sites excluding steroid dienone is 2. The number of hydrogen-bond donors (Lipinski definition) is 0. The number of carbonyl (C=O) groups is 4. The van der Waals surface area contributed by atoms with Gasteiger partial charge in [-0.1, -0.05) is 72.8 Å². The number of carbonyl (C=O) groups excluding carboxylic acids is 4. The van der Waals surface area contributed by atoms with Gasteiger partial charge in [0.2, 0.25) is 23.1 Å². The Bertz CT molecular complexity index is 1430. The molecule has 5 nitrogen and oxygen atoms in total. The van der Waals surface area contributed by atoms with Crippen molar-refractivity contribution < 1.29 is 23.9 Å². The average Bonchev–Trinajstić information content (AvgIpc) is 2.97. The van der Waals surface area contributed by atoms with Crippen LogP contribution in [0.3, 0.4) is 0 Å². The van der Waals surface area contributed by atoms with E-state index in [0.29, 0.717) is 22.6 Å². The van der Waals surface area contributed by atoms with Crippen LogP contribution in [0.4, 0.5) is 0 Å². The summed E-state index contributed by atoms with van der Waals surface area (Å²) in [6.07, 6.45) is 7.61. The lowest BCUT2D eigenvalue weighted by atomic mass is 10.0. The van der Waals surface area contributed by atoms with E-state index in [1.165, 1.54) is 24.3 Å². The molecule has 39 heavy (non-hydrogen) atoms. The average molecular weight is 515 g/mol. The lowest BCUT2D eigenvalue weighted by Gasteiger charge is -2.08. The highest BCUT2D eigenvalue weighted by Crippen LogP contribution is 2.23. The van der Waals surface area contributed by atoms with Gasteiger partial charge in [0.1, 0.15) is 11.5 Å². The van der Waals surface area contributed by atoms with Gasteiger partial charge >= 0.3 is 0 Å². The van der Waals surface area contributed by atoms with Crippen molar-refractivity contribution in [1.82, 2.24) is 0 Å². The van der Waals surface area contributed by atoms with Gasteiger partial charge in [-0.2, -0.15) is 0 Å². The summed E-state index contributed by atoms with van der Waals surface area (Å²) in [6, 6.07) is 26.2. The van der Waals surface area contributed by atoms with Crippen LogP contribution in [0.5, 0.6) is 11.5 Å². The third-order valence-corrected chi connectivity index (χ3v) is 5.95. The van der Waals surface area contributed by atoms with Crippen molar-refractivity contribution >= 4 is 35.3 Å². The highest BCUT2D eigenvalue weighted by Gasteiger charge is 2.19. The molecule has 0 N–H and O–H groups in total. The van der Waals surface area contributed by atoms with Gasteiger partial charge < -0.3 is 4.74 Å². The molecule has 0 spiro atoms. The molecule has 0 atom stereocenters. The normalized spacial score (nSPS) is 11.0. The van der Waals surface area contributed by atoms with E-state index in [0.717, 1.165) is 11.1 Å². The highest BCUT2D eigenvalue weighted by atomic mass is 16.5. The Morgan fingerprint density at radius 3 is 0.949 bits per heavy atom. The zero-order valence-electron chi connectivity index (χ0n) is 21.6. The smallest absolute Gasteiger partial charge is 0.233 e. The van der Waals surface area contributed by atoms with Crippen LogP contribution in [0, 0.1) is 0 Å². The van der Waals surface area contributed by atoms with E-state index in [1.807, 2.05) is 38.2 Å². The van der Waals surface area contributed by atoms with Crippen molar-refractivity contribution in [1.29, 1.82) is 0 Å². The predicted molar refractivity (Wildman–Crippen MR) is 153 cm³/mol. The highest BCUT2D eigenvalue weighted by molar-refractivity contribution is 6.49. The molecule has 0 aliphatic carbocycles.